The second kappa shape index (κ2) is 11.2. The van der Waals surface area contributed by atoms with E-state index in [4.69, 9.17) is 11.6 Å². The molecule has 1 aromatic rings. The first-order chi connectivity index (χ1) is 11.5. The molecule has 0 bridgehead atoms. The maximum atomic E-state index is 5.95. The van der Waals surface area contributed by atoms with Gasteiger partial charge in [-0.2, -0.15) is 0 Å². The Morgan fingerprint density at radius 3 is 2.64 bits per heavy atom. The van der Waals surface area contributed by atoms with Crippen molar-refractivity contribution < 1.29 is 0 Å². The van der Waals surface area contributed by atoms with Gasteiger partial charge in [-0.1, -0.05) is 23.7 Å². The minimum absolute atomic E-state index is 0. The Balaban J connectivity index is 0.00000312. The predicted octanol–water partition coefficient (Wildman–Crippen LogP) is 4.09. The molecule has 1 saturated heterocycles. The van der Waals surface area contributed by atoms with Crippen LogP contribution in [0.3, 0.4) is 0 Å². The molecule has 0 saturated carbocycles. The summed E-state index contributed by atoms with van der Waals surface area (Å²) in [5.74, 6) is 1.65. The Kier molecular flexibility index (Phi) is 10.1. The highest BCUT2D eigenvalue weighted by Crippen LogP contribution is 2.18. The van der Waals surface area contributed by atoms with E-state index >= 15 is 0 Å². The number of aliphatic imine (C=N–C) groups is 1. The Labute approximate surface area is 175 Å². The molecule has 1 heterocycles. The van der Waals surface area contributed by atoms with Gasteiger partial charge in [0.15, 0.2) is 5.96 Å². The van der Waals surface area contributed by atoms with Crippen LogP contribution in [0.5, 0.6) is 0 Å². The lowest BCUT2D eigenvalue weighted by Crippen LogP contribution is -2.46. The highest BCUT2D eigenvalue weighted by atomic mass is 127. The molecule has 4 nitrogen and oxygen atoms in total. The molecule has 25 heavy (non-hydrogen) atoms. The van der Waals surface area contributed by atoms with E-state index in [9.17, 15) is 0 Å². The maximum absolute atomic E-state index is 5.95. The summed E-state index contributed by atoms with van der Waals surface area (Å²) in [4.78, 5) is 9.17. The third-order valence-electron chi connectivity index (χ3n) is 4.74. The first kappa shape index (κ1) is 22.5. The topological polar surface area (TPSA) is 30.9 Å². The normalized spacial score (nSPS) is 18.8. The molecule has 6 heteroatoms. The van der Waals surface area contributed by atoms with Crippen LogP contribution >= 0.6 is 35.6 Å². The Morgan fingerprint density at radius 1 is 1.36 bits per heavy atom. The molecule has 0 radical (unpaired) electrons. The summed E-state index contributed by atoms with van der Waals surface area (Å²) in [6.45, 7) is 8.80. The molecule has 0 spiro atoms. The summed E-state index contributed by atoms with van der Waals surface area (Å²) < 4.78 is 0. The summed E-state index contributed by atoms with van der Waals surface area (Å²) in [6.07, 6.45) is 2.60. The van der Waals surface area contributed by atoms with Gasteiger partial charge in [0, 0.05) is 44.8 Å². The lowest BCUT2D eigenvalue weighted by Gasteiger charge is -2.36. The Morgan fingerprint density at radius 2 is 2.04 bits per heavy atom. The van der Waals surface area contributed by atoms with E-state index in [1.165, 1.54) is 31.5 Å². The van der Waals surface area contributed by atoms with Gasteiger partial charge < -0.3 is 15.1 Å². The van der Waals surface area contributed by atoms with Crippen molar-refractivity contribution in [3.8, 4) is 0 Å². The standard InChI is InChI=1S/C19H31ClN4.HI/c1-15(2)24-11-5-6-17(14-24)12-22-19(21-3)23(4)13-16-7-9-18(20)10-8-16;/h7-10,15,17H,5-6,11-14H2,1-4H3,(H,21,22);1H. The minimum atomic E-state index is 0. The average molecular weight is 479 g/mol. The van der Waals surface area contributed by atoms with Crippen LogP contribution in [0, 0.1) is 5.92 Å². The molecule has 1 aliphatic rings. The number of halogens is 2. The third kappa shape index (κ3) is 7.31. The van der Waals surface area contributed by atoms with E-state index in [2.05, 4.69) is 53.1 Å². The molecule has 1 unspecified atom stereocenters. The van der Waals surface area contributed by atoms with E-state index in [-0.39, 0.29) is 24.0 Å². The van der Waals surface area contributed by atoms with Crippen molar-refractivity contribution in [2.24, 2.45) is 10.9 Å². The zero-order valence-electron chi connectivity index (χ0n) is 15.8. The lowest BCUT2D eigenvalue weighted by atomic mass is 9.97. The summed E-state index contributed by atoms with van der Waals surface area (Å²) in [7, 11) is 3.92. The number of benzene rings is 1. The Hall–Kier alpha value is -0.530. The zero-order valence-corrected chi connectivity index (χ0v) is 18.9. The van der Waals surface area contributed by atoms with E-state index in [0.29, 0.717) is 12.0 Å². The summed E-state index contributed by atoms with van der Waals surface area (Å²) >= 11 is 5.95. The molecule has 1 aliphatic heterocycles. The van der Waals surface area contributed by atoms with Gasteiger partial charge in [-0.25, -0.2) is 0 Å². The van der Waals surface area contributed by atoms with Crippen molar-refractivity contribution in [1.29, 1.82) is 0 Å². The van der Waals surface area contributed by atoms with Crippen LogP contribution in [-0.2, 0) is 6.54 Å². The van der Waals surface area contributed by atoms with Gasteiger partial charge >= 0.3 is 0 Å². The number of likely N-dealkylation sites (tertiary alicyclic amines) is 1. The van der Waals surface area contributed by atoms with Gasteiger partial charge in [0.2, 0.25) is 0 Å². The number of hydrogen-bond acceptors (Lipinski definition) is 2. The molecule has 1 fully saturated rings. The highest BCUT2D eigenvalue weighted by Gasteiger charge is 2.22. The zero-order chi connectivity index (χ0) is 17.5. The average Bonchev–Trinajstić information content (AvgIpc) is 2.57. The highest BCUT2D eigenvalue weighted by molar-refractivity contribution is 14.0. The van der Waals surface area contributed by atoms with Gasteiger partial charge in [0.05, 0.1) is 0 Å². The van der Waals surface area contributed by atoms with E-state index in [0.717, 1.165) is 24.1 Å². The molecule has 1 aromatic carbocycles. The maximum Gasteiger partial charge on any atom is 0.193 e. The van der Waals surface area contributed by atoms with E-state index in [1.54, 1.807) is 0 Å². The van der Waals surface area contributed by atoms with Crippen molar-refractivity contribution in [1.82, 2.24) is 15.1 Å². The van der Waals surface area contributed by atoms with E-state index < -0.39 is 0 Å². The fourth-order valence-corrected chi connectivity index (χ4v) is 3.42. The number of hydrogen-bond donors (Lipinski definition) is 1. The number of nitrogens with one attached hydrogen (secondary N) is 1. The number of guanidine groups is 1. The van der Waals surface area contributed by atoms with Crippen LogP contribution in [0.4, 0.5) is 0 Å². The van der Waals surface area contributed by atoms with Crippen molar-refractivity contribution in [2.45, 2.75) is 39.3 Å². The van der Waals surface area contributed by atoms with Crippen LogP contribution in [0.15, 0.2) is 29.3 Å². The van der Waals surface area contributed by atoms with Gasteiger partial charge in [0.25, 0.3) is 0 Å². The lowest BCUT2D eigenvalue weighted by molar-refractivity contribution is 0.140. The minimum Gasteiger partial charge on any atom is -0.356 e. The molecular weight excluding hydrogens is 447 g/mol. The monoisotopic (exact) mass is 478 g/mol. The van der Waals surface area contributed by atoms with Crippen LogP contribution in [0.2, 0.25) is 5.02 Å². The Bertz CT molecular complexity index is 533. The van der Waals surface area contributed by atoms with E-state index in [1.807, 2.05) is 19.2 Å². The summed E-state index contributed by atoms with van der Waals surface area (Å²) in [6, 6.07) is 8.63. The molecular formula is C19H32ClIN4. The van der Waals surface area contributed by atoms with Crippen LogP contribution in [0.1, 0.15) is 32.3 Å². The van der Waals surface area contributed by atoms with Gasteiger partial charge in [-0.15, -0.1) is 24.0 Å². The molecule has 0 aliphatic carbocycles. The summed E-state index contributed by atoms with van der Waals surface area (Å²) in [5, 5.41) is 4.33. The fourth-order valence-electron chi connectivity index (χ4n) is 3.29. The smallest absolute Gasteiger partial charge is 0.193 e. The van der Waals surface area contributed by atoms with Crippen molar-refractivity contribution >= 4 is 41.5 Å². The van der Waals surface area contributed by atoms with Gasteiger partial charge in [0.1, 0.15) is 0 Å². The number of rotatable bonds is 5. The van der Waals surface area contributed by atoms with Crippen LogP contribution < -0.4 is 5.32 Å². The number of piperidine rings is 1. The quantitative estimate of drug-likeness (QED) is 0.393. The number of nitrogens with zero attached hydrogens (tertiary/aromatic N) is 3. The third-order valence-corrected chi connectivity index (χ3v) is 4.99. The van der Waals surface area contributed by atoms with Crippen LogP contribution in [0.25, 0.3) is 0 Å². The van der Waals surface area contributed by atoms with Crippen molar-refractivity contribution in [3.05, 3.63) is 34.9 Å². The van der Waals surface area contributed by atoms with Crippen molar-refractivity contribution in [2.75, 3.05) is 33.7 Å². The SMILES string of the molecule is CN=C(NCC1CCCN(C(C)C)C1)N(C)Cc1ccc(Cl)cc1.I. The predicted molar refractivity (Wildman–Crippen MR) is 119 cm³/mol. The summed E-state index contributed by atoms with van der Waals surface area (Å²) in [5.41, 5.74) is 1.23. The molecule has 1 N–H and O–H groups in total. The first-order valence-electron chi connectivity index (χ1n) is 8.90. The first-order valence-corrected chi connectivity index (χ1v) is 9.27. The molecule has 0 amide bonds. The fraction of sp³-hybridized carbons (Fsp3) is 0.632. The van der Waals surface area contributed by atoms with Crippen LogP contribution in [-0.4, -0.2) is 55.5 Å². The van der Waals surface area contributed by atoms with Crippen molar-refractivity contribution in [3.63, 3.8) is 0 Å². The molecule has 2 rings (SSSR count). The largest absolute Gasteiger partial charge is 0.356 e. The molecule has 0 aromatic heterocycles. The van der Waals surface area contributed by atoms with Gasteiger partial charge in [-0.05, 0) is 56.8 Å². The second-order valence-corrected chi connectivity index (χ2v) is 7.44. The molecule has 142 valence electrons. The molecule has 1 atom stereocenters. The van der Waals surface area contributed by atoms with Gasteiger partial charge in [-0.3, -0.25) is 4.99 Å². The second-order valence-electron chi connectivity index (χ2n) is 7.01.